The van der Waals surface area contributed by atoms with Crippen molar-refractivity contribution in [2.45, 2.75) is 32.5 Å². The van der Waals surface area contributed by atoms with Gasteiger partial charge in [0.05, 0.1) is 6.42 Å². The quantitative estimate of drug-likeness (QED) is 0.808. The second kappa shape index (κ2) is 4.23. The Morgan fingerprint density at radius 1 is 1.27 bits per heavy atom. The lowest BCUT2D eigenvalue weighted by molar-refractivity contribution is -0.138. The summed E-state index contributed by atoms with van der Waals surface area (Å²) >= 11 is 0. The summed E-state index contributed by atoms with van der Waals surface area (Å²) in [6, 6.07) is 4.40. The summed E-state index contributed by atoms with van der Waals surface area (Å²) in [6.45, 7) is 3.61. The summed E-state index contributed by atoms with van der Waals surface area (Å²) in [5.74, 6) is 0. The molecule has 0 unspecified atom stereocenters. The minimum Gasteiger partial charge on any atom is -0.324 e. The molecule has 1 nitrogen and oxygen atoms in total. The standard InChI is InChI=1S/C11H14F3N/c1-7-3-4-8(2)9(5-7)10(15)6-11(12,13)14/h3-5,10H,6,15H2,1-2H3/t10-/m1/s1. The van der Waals surface area contributed by atoms with Gasteiger partial charge in [-0.2, -0.15) is 13.2 Å². The van der Waals surface area contributed by atoms with E-state index < -0.39 is 18.6 Å². The Labute approximate surface area is 87.1 Å². The predicted octanol–water partition coefficient (Wildman–Crippen LogP) is 3.26. The minimum atomic E-state index is -4.21. The smallest absolute Gasteiger partial charge is 0.324 e. The second-order valence-corrected chi connectivity index (χ2v) is 3.79. The molecule has 1 rings (SSSR count). The van der Waals surface area contributed by atoms with Crippen LogP contribution in [0, 0.1) is 13.8 Å². The molecule has 0 aliphatic rings. The molecule has 0 saturated heterocycles. The number of hydrogen-bond donors (Lipinski definition) is 1. The van der Waals surface area contributed by atoms with Crippen LogP contribution < -0.4 is 5.73 Å². The maximum Gasteiger partial charge on any atom is 0.390 e. The summed E-state index contributed by atoms with van der Waals surface area (Å²) in [7, 11) is 0. The Bertz CT molecular complexity index is 344. The first-order valence-corrected chi connectivity index (χ1v) is 4.69. The van der Waals surface area contributed by atoms with Gasteiger partial charge < -0.3 is 5.73 Å². The van der Waals surface area contributed by atoms with E-state index in [0.717, 1.165) is 11.1 Å². The van der Waals surface area contributed by atoms with Crippen LogP contribution in [0.4, 0.5) is 13.2 Å². The molecule has 4 heteroatoms. The SMILES string of the molecule is Cc1ccc(C)c([C@H](N)CC(F)(F)F)c1. The van der Waals surface area contributed by atoms with Crippen molar-refractivity contribution >= 4 is 0 Å². The normalized spacial score (nSPS) is 14.0. The number of rotatable bonds is 2. The van der Waals surface area contributed by atoms with E-state index in [2.05, 4.69) is 0 Å². The van der Waals surface area contributed by atoms with Gasteiger partial charge in [-0.1, -0.05) is 23.8 Å². The van der Waals surface area contributed by atoms with Crippen molar-refractivity contribution in [2.24, 2.45) is 5.73 Å². The lowest BCUT2D eigenvalue weighted by Gasteiger charge is -2.17. The lowest BCUT2D eigenvalue weighted by Crippen LogP contribution is -2.21. The predicted molar refractivity (Wildman–Crippen MR) is 53.5 cm³/mol. The van der Waals surface area contributed by atoms with E-state index in [1.165, 1.54) is 0 Å². The molecule has 0 aliphatic carbocycles. The van der Waals surface area contributed by atoms with Crippen molar-refractivity contribution in [3.63, 3.8) is 0 Å². The summed E-state index contributed by atoms with van der Waals surface area (Å²) in [5.41, 5.74) is 7.83. The number of hydrogen-bond acceptors (Lipinski definition) is 1. The highest BCUT2D eigenvalue weighted by Gasteiger charge is 2.31. The van der Waals surface area contributed by atoms with Crippen LogP contribution >= 0.6 is 0 Å². The molecule has 0 spiro atoms. The fourth-order valence-electron chi connectivity index (χ4n) is 1.52. The minimum absolute atomic E-state index is 0.576. The molecular weight excluding hydrogens is 203 g/mol. The largest absolute Gasteiger partial charge is 0.390 e. The van der Waals surface area contributed by atoms with E-state index in [1.807, 2.05) is 13.0 Å². The van der Waals surface area contributed by atoms with Gasteiger partial charge in [-0.25, -0.2) is 0 Å². The molecule has 0 radical (unpaired) electrons. The van der Waals surface area contributed by atoms with Crippen molar-refractivity contribution in [2.75, 3.05) is 0 Å². The van der Waals surface area contributed by atoms with Crippen LogP contribution in [0.3, 0.4) is 0 Å². The van der Waals surface area contributed by atoms with Crippen LogP contribution in [-0.2, 0) is 0 Å². The van der Waals surface area contributed by atoms with Crippen LogP contribution in [-0.4, -0.2) is 6.18 Å². The Hall–Kier alpha value is -1.03. The number of alkyl halides is 3. The van der Waals surface area contributed by atoms with Crippen LogP contribution in [0.15, 0.2) is 18.2 Å². The molecule has 0 aliphatic heterocycles. The third-order valence-electron chi connectivity index (χ3n) is 2.29. The van der Waals surface area contributed by atoms with Gasteiger partial charge in [-0.3, -0.25) is 0 Å². The number of halogens is 3. The van der Waals surface area contributed by atoms with Gasteiger partial charge in [-0.15, -0.1) is 0 Å². The Morgan fingerprint density at radius 2 is 1.87 bits per heavy atom. The maximum absolute atomic E-state index is 12.1. The molecule has 1 aromatic rings. The highest BCUT2D eigenvalue weighted by atomic mass is 19.4. The van der Waals surface area contributed by atoms with E-state index in [-0.39, 0.29) is 0 Å². The van der Waals surface area contributed by atoms with Crippen molar-refractivity contribution in [3.8, 4) is 0 Å². The lowest BCUT2D eigenvalue weighted by atomic mass is 9.97. The molecule has 1 aromatic carbocycles. The second-order valence-electron chi connectivity index (χ2n) is 3.79. The third-order valence-corrected chi connectivity index (χ3v) is 2.29. The van der Waals surface area contributed by atoms with E-state index in [0.29, 0.717) is 5.56 Å². The van der Waals surface area contributed by atoms with Gasteiger partial charge in [0.2, 0.25) is 0 Å². The van der Waals surface area contributed by atoms with Crippen LogP contribution in [0.25, 0.3) is 0 Å². The average Bonchev–Trinajstić information content (AvgIpc) is 2.06. The summed E-state index contributed by atoms with van der Waals surface area (Å²) < 4.78 is 36.4. The van der Waals surface area contributed by atoms with Gasteiger partial charge >= 0.3 is 6.18 Å². The molecule has 0 heterocycles. The number of benzene rings is 1. The summed E-state index contributed by atoms with van der Waals surface area (Å²) in [6.07, 6.45) is -5.19. The zero-order valence-electron chi connectivity index (χ0n) is 8.73. The van der Waals surface area contributed by atoms with Crippen molar-refractivity contribution in [1.82, 2.24) is 0 Å². The first-order chi connectivity index (χ1) is 6.79. The summed E-state index contributed by atoms with van der Waals surface area (Å²) in [5, 5.41) is 0. The van der Waals surface area contributed by atoms with Crippen molar-refractivity contribution < 1.29 is 13.2 Å². The molecule has 0 aromatic heterocycles. The molecule has 2 N–H and O–H groups in total. The highest BCUT2D eigenvalue weighted by Crippen LogP contribution is 2.29. The number of nitrogens with two attached hydrogens (primary N) is 1. The first-order valence-electron chi connectivity index (χ1n) is 4.69. The van der Waals surface area contributed by atoms with Crippen LogP contribution in [0.5, 0.6) is 0 Å². The Balaban J connectivity index is 2.90. The molecule has 15 heavy (non-hydrogen) atoms. The number of aryl methyl sites for hydroxylation is 2. The zero-order valence-corrected chi connectivity index (χ0v) is 8.73. The maximum atomic E-state index is 12.1. The van der Waals surface area contributed by atoms with Crippen LogP contribution in [0.1, 0.15) is 29.2 Å². The zero-order chi connectivity index (χ0) is 11.6. The molecular formula is C11H14F3N. The average molecular weight is 217 g/mol. The van der Waals surface area contributed by atoms with Gasteiger partial charge in [0.15, 0.2) is 0 Å². The third kappa shape index (κ3) is 3.55. The van der Waals surface area contributed by atoms with Crippen molar-refractivity contribution in [3.05, 3.63) is 34.9 Å². The molecule has 1 atom stereocenters. The van der Waals surface area contributed by atoms with Crippen LogP contribution in [0.2, 0.25) is 0 Å². The Morgan fingerprint density at radius 3 is 2.40 bits per heavy atom. The topological polar surface area (TPSA) is 26.0 Å². The first kappa shape index (κ1) is 12.0. The van der Waals surface area contributed by atoms with Gasteiger partial charge in [0, 0.05) is 6.04 Å². The molecule has 0 bridgehead atoms. The monoisotopic (exact) mass is 217 g/mol. The summed E-state index contributed by atoms with van der Waals surface area (Å²) in [4.78, 5) is 0. The van der Waals surface area contributed by atoms with Gasteiger partial charge in [0.25, 0.3) is 0 Å². The molecule has 0 fully saturated rings. The van der Waals surface area contributed by atoms with E-state index in [4.69, 9.17) is 5.73 Å². The van der Waals surface area contributed by atoms with Crippen molar-refractivity contribution in [1.29, 1.82) is 0 Å². The fraction of sp³-hybridized carbons (Fsp3) is 0.455. The molecule has 84 valence electrons. The fourth-order valence-corrected chi connectivity index (χ4v) is 1.52. The van der Waals surface area contributed by atoms with E-state index in [9.17, 15) is 13.2 Å². The Kier molecular flexibility index (Phi) is 3.39. The van der Waals surface area contributed by atoms with Gasteiger partial charge in [0.1, 0.15) is 0 Å². The van der Waals surface area contributed by atoms with Gasteiger partial charge in [-0.05, 0) is 25.0 Å². The van der Waals surface area contributed by atoms with E-state index in [1.54, 1.807) is 19.1 Å². The molecule has 0 amide bonds. The molecule has 0 saturated carbocycles. The highest BCUT2D eigenvalue weighted by molar-refractivity contribution is 5.32. The van der Waals surface area contributed by atoms with E-state index >= 15 is 0 Å².